The van der Waals surface area contributed by atoms with E-state index in [9.17, 15) is 4.39 Å². The van der Waals surface area contributed by atoms with Gasteiger partial charge >= 0.3 is 0 Å². The maximum Gasteiger partial charge on any atom is 0.212 e. The van der Waals surface area contributed by atoms with Gasteiger partial charge in [0.05, 0.1) is 33.2 Å². The second-order valence-electron chi connectivity index (χ2n) is 4.77. The summed E-state index contributed by atoms with van der Waals surface area (Å²) < 4.78 is 25.7. The third-order valence-corrected chi connectivity index (χ3v) is 3.32. The molecule has 1 aromatic carbocycles. The number of benzene rings is 1. The molecule has 2 heterocycles. The van der Waals surface area contributed by atoms with Gasteiger partial charge in [-0.25, -0.2) is 19.0 Å². The van der Waals surface area contributed by atoms with Crippen molar-refractivity contribution in [1.29, 1.82) is 0 Å². The summed E-state index contributed by atoms with van der Waals surface area (Å²) in [5.74, 6) is 1.22. The van der Waals surface area contributed by atoms with Crippen molar-refractivity contribution in [3.63, 3.8) is 0 Å². The Bertz CT molecular complexity index is 802. The first-order chi connectivity index (χ1) is 11.2. The van der Waals surface area contributed by atoms with Crippen LogP contribution in [0.15, 0.2) is 42.7 Å². The fourth-order valence-electron chi connectivity index (χ4n) is 2.13. The van der Waals surface area contributed by atoms with Gasteiger partial charge in [0.2, 0.25) is 5.88 Å². The molecule has 6 nitrogen and oxygen atoms in total. The summed E-state index contributed by atoms with van der Waals surface area (Å²) >= 11 is 0. The van der Waals surface area contributed by atoms with E-state index in [1.165, 1.54) is 13.2 Å². The van der Waals surface area contributed by atoms with Crippen LogP contribution < -0.4 is 9.47 Å². The van der Waals surface area contributed by atoms with Crippen LogP contribution in [-0.4, -0.2) is 34.0 Å². The van der Waals surface area contributed by atoms with E-state index in [0.29, 0.717) is 28.7 Å². The number of hydrogen-bond acceptors (Lipinski definition) is 5. The van der Waals surface area contributed by atoms with E-state index in [2.05, 4.69) is 15.1 Å². The van der Waals surface area contributed by atoms with Crippen molar-refractivity contribution >= 4 is 0 Å². The summed E-state index contributed by atoms with van der Waals surface area (Å²) in [4.78, 5) is 8.38. The molecular formula is C16H15FN4O2. The van der Waals surface area contributed by atoms with Gasteiger partial charge in [-0.1, -0.05) is 18.2 Å². The molecule has 0 aliphatic carbocycles. The largest absolute Gasteiger partial charge is 0.494 e. The molecule has 0 N–H and O–H groups in total. The molecule has 0 radical (unpaired) electrons. The van der Waals surface area contributed by atoms with Gasteiger partial charge in [-0.2, -0.15) is 5.10 Å². The van der Waals surface area contributed by atoms with Crippen LogP contribution in [0.2, 0.25) is 0 Å². The molecule has 3 aromatic rings. The molecule has 23 heavy (non-hydrogen) atoms. The molecule has 3 rings (SSSR count). The molecule has 7 heteroatoms. The SMILES string of the molecule is COc1cnc(-c2cc(OC)n(Cc3ccccc3F)n2)nc1. The highest BCUT2D eigenvalue weighted by Crippen LogP contribution is 2.22. The van der Waals surface area contributed by atoms with Gasteiger partial charge in [-0.3, -0.25) is 0 Å². The van der Waals surface area contributed by atoms with Crippen LogP contribution in [0, 0.1) is 5.82 Å². The number of halogens is 1. The topological polar surface area (TPSA) is 62.1 Å². The van der Waals surface area contributed by atoms with Crippen LogP contribution in [0.25, 0.3) is 11.5 Å². The monoisotopic (exact) mass is 314 g/mol. The molecule has 118 valence electrons. The van der Waals surface area contributed by atoms with E-state index >= 15 is 0 Å². The fourth-order valence-corrected chi connectivity index (χ4v) is 2.13. The molecular weight excluding hydrogens is 299 g/mol. The molecule has 0 saturated carbocycles. The van der Waals surface area contributed by atoms with Crippen LogP contribution in [0.3, 0.4) is 0 Å². The Balaban J connectivity index is 1.92. The minimum Gasteiger partial charge on any atom is -0.494 e. The first-order valence-electron chi connectivity index (χ1n) is 6.93. The molecule has 0 bridgehead atoms. The molecule has 0 atom stereocenters. The van der Waals surface area contributed by atoms with E-state index in [1.54, 1.807) is 48.5 Å². The maximum atomic E-state index is 13.8. The zero-order valence-electron chi connectivity index (χ0n) is 12.7. The molecule has 0 fully saturated rings. The number of methoxy groups -OCH3 is 2. The van der Waals surface area contributed by atoms with Crippen molar-refractivity contribution < 1.29 is 13.9 Å². The smallest absolute Gasteiger partial charge is 0.212 e. The summed E-state index contributed by atoms with van der Waals surface area (Å²) in [6, 6.07) is 8.26. The van der Waals surface area contributed by atoms with E-state index in [-0.39, 0.29) is 12.4 Å². The van der Waals surface area contributed by atoms with Crippen molar-refractivity contribution in [3.8, 4) is 23.1 Å². The van der Waals surface area contributed by atoms with Gasteiger partial charge in [0.25, 0.3) is 0 Å². The van der Waals surface area contributed by atoms with E-state index < -0.39 is 0 Å². The highest BCUT2D eigenvalue weighted by molar-refractivity contribution is 5.51. The Labute approximate surface area is 132 Å². The van der Waals surface area contributed by atoms with Crippen LogP contribution in [0.1, 0.15) is 5.56 Å². The lowest BCUT2D eigenvalue weighted by Crippen LogP contribution is -2.06. The molecule has 0 unspecified atom stereocenters. The molecule has 0 aliphatic heterocycles. The average Bonchev–Trinajstić information content (AvgIpc) is 3.00. The van der Waals surface area contributed by atoms with Crippen molar-refractivity contribution in [2.75, 3.05) is 14.2 Å². The lowest BCUT2D eigenvalue weighted by molar-refractivity contribution is 0.365. The number of aromatic nitrogens is 4. The normalized spacial score (nSPS) is 10.6. The van der Waals surface area contributed by atoms with Crippen molar-refractivity contribution in [2.45, 2.75) is 6.54 Å². The Kier molecular flexibility index (Phi) is 4.18. The zero-order valence-corrected chi connectivity index (χ0v) is 12.7. The predicted molar refractivity (Wildman–Crippen MR) is 81.9 cm³/mol. The van der Waals surface area contributed by atoms with Gasteiger partial charge in [-0.05, 0) is 6.07 Å². The highest BCUT2D eigenvalue weighted by Gasteiger charge is 2.14. The Morgan fingerprint density at radius 3 is 2.48 bits per heavy atom. The van der Waals surface area contributed by atoms with Crippen LogP contribution in [0.5, 0.6) is 11.6 Å². The van der Waals surface area contributed by atoms with Gasteiger partial charge < -0.3 is 9.47 Å². The maximum absolute atomic E-state index is 13.8. The van der Waals surface area contributed by atoms with Crippen molar-refractivity contribution in [2.24, 2.45) is 0 Å². The zero-order chi connectivity index (χ0) is 16.2. The quantitative estimate of drug-likeness (QED) is 0.724. The van der Waals surface area contributed by atoms with Crippen LogP contribution in [0.4, 0.5) is 4.39 Å². The summed E-state index contributed by atoms with van der Waals surface area (Å²) in [7, 11) is 3.08. The molecule has 0 amide bonds. The molecule has 0 aliphatic rings. The lowest BCUT2D eigenvalue weighted by atomic mass is 10.2. The predicted octanol–water partition coefficient (Wildman–Crippen LogP) is 2.54. The number of rotatable bonds is 5. The second-order valence-corrected chi connectivity index (χ2v) is 4.77. The third-order valence-electron chi connectivity index (χ3n) is 3.32. The fraction of sp³-hybridized carbons (Fsp3) is 0.188. The minimum absolute atomic E-state index is 0.256. The Hall–Kier alpha value is -2.96. The Morgan fingerprint density at radius 1 is 1.09 bits per heavy atom. The van der Waals surface area contributed by atoms with Crippen molar-refractivity contribution in [1.82, 2.24) is 19.7 Å². The van der Waals surface area contributed by atoms with E-state index in [0.717, 1.165) is 0 Å². The number of hydrogen-bond donors (Lipinski definition) is 0. The van der Waals surface area contributed by atoms with Gasteiger partial charge in [0, 0.05) is 11.6 Å². The molecule has 2 aromatic heterocycles. The summed E-state index contributed by atoms with van der Waals surface area (Å²) in [5, 5.41) is 4.40. The van der Waals surface area contributed by atoms with Crippen molar-refractivity contribution in [3.05, 3.63) is 54.1 Å². The first-order valence-corrected chi connectivity index (χ1v) is 6.93. The lowest BCUT2D eigenvalue weighted by Gasteiger charge is -2.06. The summed E-state index contributed by atoms with van der Waals surface area (Å²) in [6.45, 7) is 0.256. The average molecular weight is 314 g/mol. The Morgan fingerprint density at radius 2 is 1.83 bits per heavy atom. The van der Waals surface area contributed by atoms with Gasteiger partial charge in [-0.15, -0.1) is 0 Å². The standard InChI is InChI=1S/C16H15FN4O2/c1-22-12-8-18-16(19-9-12)14-7-15(23-2)21(20-14)10-11-5-3-4-6-13(11)17/h3-9H,10H2,1-2H3. The van der Waals surface area contributed by atoms with E-state index in [1.807, 2.05) is 0 Å². The van der Waals surface area contributed by atoms with Crippen LogP contribution >= 0.6 is 0 Å². The number of ether oxygens (including phenoxy) is 2. The first kappa shape index (κ1) is 15.0. The summed E-state index contributed by atoms with van der Waals surface area (Å²) in [5.41, 5.74) is 1.07. The molecule has 0 spiro atoms. The second kappa shape index (κ2) is 6.43. The van der Waals surface area contributed by atoms with Gasteiger partial charge in [0.1, 0.15) is 11.5 Å². The molecule has 0 saturated heterocycles. The van der Waals surface area contributed by atoms with E-state index in [4.69, 9.17) is 9.47 Å². The highest BCUT2D eigenvalue weighted by atomic mass is 19.1. The minimum atomic E-state index is -0.285. The number of nitrogens with zero attached hydrogens (tertiary/aromatic N) is 4. The van der Waals surface area contributed by atoms with Crippen LogP contribution in [-0.2, 0) is 6.54 Å². The van der Waals surface area contributed by atoms with Gasteiger partial charge in [0.15, 0.2) is 11.6 Å². The third kappa shape index (κ3) is 3.13. The summed E-state index contributed by atoms with van der Waals surface area (Å²) in [6.07, 6.45) is 3.12.